The summed E-state index contributed by atoms with van der Waals surface area (Å²) in [4.78, 5) is 0. The van der Waals surface area contributed by atoms with Gasteiger partial charge in [-0.15, -0.1) is 0 Å². The van der Waals surface area contributed by atoms with E-state index in [1.165, 1.54) is 24.3 Å². The Bertz CT molecular complexity index is 278. The molecule has 0 aromatic carbocycles. The molecule has 3 saturated heterocycles. The van der Waals surface area contributed by atoms with E-state index in [0.717, 1.165) is 17.9 Å². The molecule has 6 heteroatoms. The molecule has 0 atom stereocenters. The van der Waals surface area contributed by atoms with Gasteiger partial charge < -0.3 is 0 Å². The Kier molecular flexibility index (Phi) is 41.2. The molecule has 3 nitrogen and oxygen atoms in total. The van der Waals surface area contributed by atoms with Crippen molar-refractivity contribution in [2.75, 3.05) is 34.5 Å². The average Bonchev–Trinajstić information content (AvgIpc) is 2.41. The van der Waals surface area contributed by atoms with Crippen LogP contribution in [-0.2, 0) is 20.6 Å². The highest BCUT2D eigenvalue weighted by molar-refractivity contribution is 8.00. The van der Waals surface area contributed by atoms with E-state index in [0.29, 0.717) is 11.5 Å². The zero-order valence-corrected chi connectivity index (χ0v) is 17.3. The number of hydrogen-bond acceptors (Lipinski definition) is 4. The van der Waals surface area contributed by atoms with Crippen LogP contribution in [0.2, 0.25) is 0 Å². The van der Waals surface area contributed by atoms with Crippen LogP contribution in [0.15, 0.2) is 0 Å². The van der Waals surface area contributed by atoms with Gasteiger partial charge in [-0.25, -0.2) is 8.42 Å². The topological polar surface area (TPSA) is 51.2 Å². The molecule has 0 radical (unpaired) electrons. The second-order valence-electron chi connectivity index (χ2n) is 3.67. The van der Waals surface area contributed by atoms with Crippen molar-refractivity contribution >= 4 is 32.4 Å². The summed E-state index contributed by atoms with van der Waals surface area (Å²) in [6.07, 6.45) is 3.53. The van der Waals surface area contributed by atoms with Crippen molar-refractivity contribution in [2.24, 2.45) is 0 Å². The third-order valence-electron chi connectivity index (χ3n) is 2.23. The summed E-state index contributed by atoms with van der Waals surface area (Å²) in [6.45, 7) is 12.0. The first-order valence-corrected chi connectivity index (χ1v) is 12.7. The Hall–Kier alpha value is 0.450. The molecule has 3 rings (SSSR count). The Balaban J connectivity index is -0.0000000590. The second kappa shape index (κ2) is 27.3. The molecule has 0 spiro atoms. The fraction of sp³-hybridized carbons (Fsp3) is 1.00. The summed E-state index contributed by atoms with van der Waals surface area (Å²) in [6, 6.07) is 0. The van der Waals surface area contributed by atoms with Gasteiger partial charge in [0.05, 0.1) is 11.5 Å². The van der Waals surface area contributed by atoms with Gasteiger partial charge in [0, 0.05) is 22.3 Å². The lowest BCUT2D eigenvalue weighted by molar-refractivity contribution is 0.580. The van der Waals surface area contributed by atoms with Crippen LogP contribution >= 0.6 is 11.8 Å². The molecule has 0 bridgehead atoms. The van der Waals surface area contributed by atoms with Crippen molar-refractivity contribution in [2.45, 2.75) is 75.7 Å². The minimum Gasteiger partial charge on any atom is -0.260 e. The predicted molar refractivity (Wildman–Crippen MR) is 115 cm³/mol. The molecule has 3 aliphatic rings. The molecule has 0 saturated carbocycles. The van der Waals surface area contributed by atoms with Crippen LogP contribution in [0.25, 0.3) is 0 Å². The number of hydrogen-bond donors (Lipinski definition) is 0. The second-order valence-corrected chi connectivity index (χ2v) is 8.90. The highest BCUT2D eigenvalue weighted by atomic mass is 32.2. The Morgan fingerprint density at radius 2 is 0.957 bits per heavy atom. The minimum atomic E-state index is -2.48. The lowest BCUT2D eigenvalue weighted by atomic mass is 10.5. The van der Waals surface area contributed by atoms with E-state index in [9.17, 15) is 12.6 Å². The van der Waals surface area contributed by atoms with Crippen molar-refractivity contribution in [3.8, 4) is 0 Å². The first kappa shape index (κ1) is 34.7. The summed E-state index contributed by atoms with van der Waals surface area (Å²) >= 11 is 2.04. The standard InChI is InChI=1S/C3H6O2S.C3H6OS.C3H6S.3C2H6.2CH4/c4-6(5)2-1-3-6;4-5-2-1-3-5;1-2-4-3-1;3*1-2;;/h1-3H2;1-3H2;1-3H2;3*1-2H3;2*1H4. The lowest BCUT2D eigenvalue weighted by Crippen LogP contribution is -2.23. The highest BCUT2D eigenvalue weighted by Crippen LogP contribution is 2.14. The van der Waals surface area contributed by atoms with Gasteiger partial charge in [0.2, 0.25) is 0 Å². The largest absolute Gasteiger partial charge is 0.260 e. The maximum absolute atomic E-state index is 10.1. The quantitative estimate of drug-likeness (QED) is 0.552. The van der Waals surface area contributed by atoms with Crippen LogP contribution in [-0.4, -0.2) is 47.1 Å². The van der Waals surface area contributed by atoms with E-state index in [-0.39, 0.29) is 14.9 Å². The molecule has 0 aromatic heterocycles. The van der Waals surface area contributed by atoms with Gasteiger partial charge in [0.25, 0.3) is 0 Å². The van der Waals surface area contributed by atoms with E-state index in [1.807, 2.05) is 53.3 Å². The van der Waals surface area contributed by atoms with E-state index >= 15 is 0 Å². The molecule has 0 amide bonds. The fourth-order valence-electron chi connectivity index (χ4n) is 0.787. The normalized spacial score (nSPS) is 18.0. The van der Waals surface area contributed by atoms with Crippen LogP contribution in [0.5, 0.6) is 0 Å². The molecule has 148 valence electrons. The van der Waals surface area contributed by atoms with Crippen molar-refractivity contribution in [3.05, 3.63) is 0 Å². The smallest absolute Gasteiger partial charge is 0.150 e. The molecule has 23 heavy (non-hydrogen) atoms. The molecule has 3 aliphatic heterocycles. The summed E-state index contributed by atoms with van der Waals surface area (Å²) < 4.78 is 30.2. The zero-order valence-electron chi connectivity index (χ0n) is 14.8. The van der Waals surface area contributed by atoms with E-state index < -0.39 is 20.6 Å². The van der Waals surface area contributed by atoms with Crippen LogP contribution < -0.4 is 0 Å². The Labute approximate surface area is 155 Å². The summed E-state index contributed by atoms with van der Waals surface area (Å²) in [7, 11) is -2.87. The van der Waals surface area contributed by atoms with Crippen LogP contribution in [0, 0.1) is 0 Å². The van der Waals surface area contributed by atoms with Gasteiger partial charge in [-0.1, -0.05) is 56.4 Å². The monoisotopic (exact) mass is 392 g/mol. The van der Waals surface area contributed by atoms with Gasteiger partial charge >= 0.3 is 0 Å². The molecule has 3 fully saturated rings. The van der Waals surface area contributed by atoms with Crippen LogP contribution in [0.1, 0.15) is 75.7 Å². The van der Waals surface area contributed by atoms with Crippen molar-refractivity contribution < 1.29 is 12.6 Å². The SMILES string of the molecule is C.C.C1CSC1.CC.CC.CC.O=S1(=O)CCC1.O=S1CCC1. The van der Waals surface area contributed by atoms with E-state index in [1.54, 1.807) is 0 Å². The molecule has 0 aromatic rings. The van der Waals surface area contributed by atoms with Gasteiger partial charge in [-0.05, 0) is 30.8 Å². The van der Waals surface area contributed by atoms with Gasteiger partial charge in [-0.2, -0.15) is 11.8 Å². The van der Waals surface area contributed by atoms with Gasteiger partial charge in [0.15, 0.2) is 0 Å². The molecule has 0 N–H and O–H groups in total. The maximum Gasteiger partial charge on any atom is 0.150 e. The third-order valence-corrected chi connectivity index (χ3v) is 6.70. The van der Waals surface area contributed by atoms with Gasteiger partial charge in [-0.3, -0.25) is 4.21 Å². The van der Waals surface area contributed by atoms with E-state index in [4.69, 9.17) is 0 Å². The van der Waals surface area contributed by atoms with Crippen molar-refractivity contribution in [3.63, 3.8) is 0 Å². The van der Waals surface area contributed by atoms with Crippen LogP contribution in [0.4, 0.5) is 0 Å². The Morgan fingerprint density at radius 3 is 0.957 bits per heavy atom. The van der Waals surface area contributed by atoms with Gasteiger partial charge in [0.1, 0.15) is 9.84 Å². The lowest BCUT2D eigenvalue weighted by Gasteiger charge is -2.09. The predicted octanol–water partition coefficient (Wildman–Crippen LogP) is 5.42. The van der Waals surface area contributed by atoms with Crippen molar-refractivity contribution in [1.82, 2.24) is 0 Å². The highest BCUT2D eigenvalue weighted by Gasteiger charge is 2.19. The van der Waals surface area contributed by atoms with Crippen LogP contribution in [0.3, 0.4) is 0 Å². The minimum absolute atomic E-state index is 0. The van der Waals surface area contributed by atoms with E-state index in [2.05, 4.69) is 0 Å². The molecule has 0 aliphatic carbocycles. The summed E-state index contributed by atoms with van der Waals surface area (Å²) in [5.41, 5.74) is 0. The number of thioether (sulfide) groups is 1. The number of rotatable bonds is 0. The zero-order chi connectivity index (χ0) is 17.1. The van der Waals surface area contributed by atoms with Crippen molar-refractivity contribution in [1.29, 1.82) is 0 Å². The maximum atomic E-state index is 10.1. The average molecular weight is 393 g/mol. The first-order valence-electron chi connectivity index (χ1n) is 8.23. The Morgan fingerprint density at radius 1 is 0.739 bits per heavy atom. The fourth-order valence-corrected chi connectivity index (χ4v) is 2.36. The molecular weight excluding hydrogens is 348 g/mol. The summed E-state index contributed by atoms with van der Waals surface area (Å²) in [5, 5.41) is 0. The third kappa shape index (κ3) is 27.6. The molecular formula is C17H44O3S3. The molecule has 3 heterocycles. The number of sulfone groups is 1. The molecule has 0 unspecified atom stereocenters. The summed E-state index contributed by atoms with van der Waals surface area (Å²) in [5.74, 6) is 5.60. The first-order chi connectivity index (χ1) is 10.1.